The molecule has 32 heavy (non-hydrogen) atoms. The molecular formula is C21H25F3N4O3S. The normalized spacial score (nSPS) is 16.2. The smallest absolute Gasteiger partial charge is 0.308 e. The second-order valence-corrected chi connectivity index (χ2v) is 9.74. The standard InChI is InChI=1S/C21H25F3N4O3S/c1-27-12-10-18(11-13-27)28(2)32(30,31)19-8-6-16(7-9-19)25-20(29)26-17-5-3-4-15(14-17)21(22,23)24/h3-9,14,18H,10-13H2,1-2H3,(H2,25,26,29). The summed E-state index contributed by atoms with van der Waals surface area (Å²) < 4.78 is 65.6. The van der Waals surface area contributed by atoms with Crippen molar-refractivity contribution in [3.8, 4) is 0 Å². The van der Waals surface area contributed by atoms with Crippen LogP contribution in [0.25, 0.3) is 0 Å². The van der Waals surface area contributed by atoms with Crippen molar-refractivity contribution in [2.24, 2.45) is 0 Å². The van der Waals surface area contributed by atoms with Crippen molar-refractivity contribution in [3.05, 3.63) is 54.1 Å². The fourth-order valence-corrected chi connectivity index (χ4v) is 4.91. The molecule has 0 aromatic heterocycles. The fraction of sp³-hybridized carbons (Fsp3) is 0.381. The van der Waals surface area contributed by atoms with Gasteiger partial charge in [0.05, 0.1) is 10.5 Å². The molecule has 1 saturated heterocycles. The number of urea groups is 1. The van der Waals surface area contributed by atoms with E-state index in [1.165, 1.54) is 40.7 Å². The molecule has 7 nitrogen and oxygen atoms in total. The monoisotopic (exact) mass is 470 g/mol. The van der Waals surface area contributed by atoms with Crippen LogP contribution in [-0.4, -0.2) is 56.9 Å². The Hall–Kier alpha value is -2.63. The zero-order valence-electron chi connectivity index (χ0n) is 17.7. The van der Waals surface area contributed by atoms with Crippen molar-refractivity contribution in [2.75, 3.05) is 37.8 Å². The van der Waals surface area contributed by atoms with Gasteiger partial charge in [-0.1, -0.05) is 6.07 Å². The molecular weight excluding hydrogens is 445 g/mol. The number of piperidine rings is 1. The topological polar surface area (TPSA) is 81.8 Å². The highest BCUT2D eigenvalue weighted by Gasteiger charge is 2.31. The quantitative estimate of drug-likeness (QED) is 0.691. The van der Waals surface area contributed by atoms with Gasteiger partial charge in [-0.05, 0) is 75.4 Å². The van der Waals surface area contributed by atoms with Crippen LogP contribution < -0.4 is 10.6 Å². The zero-order chi connectivity index (χ0) is 23.5. The van der Waals surface area contributed by atoms with Crippen LogP contribution in [0.15, 0.2) is 53.4 Å². The Morgan fingerprint density at radius 2 is 1.62 bits per heavy atom. The first-order valence-corrected chi connectivity index (χ1v) is 11.4. The molecule has 1 heterocycles. The van der Waals surface area contributed by atoms with Crippen molar-refractivity contribution < 1.29 is 26.4 Å². The van der Waals surface area contributed by atoms with Gasteiger partial charge < -0.3 is 15.5 Å². The number of sulfonamides is 1. The molecule has 0 aliphatic carbocycles. The average molecular weight is 471 g/mol. The molecule has 0 atom stereocenters. The number of nitrogens with one attached hydrogen (secondary N) is 2. The number of carbonyl (C=O) groups is 1. The van der Waals surface area contributed by atoms with Crippen molar-refractivity contribution >= 4 is 27.4 Å². The lowest BCUT2D eigenvalue weighted by Gasteiger charge is -2.34. The molecule has 2 aromatic rings. The second kappa shape index (κ2) is 9.47. The number of halogens is 3. The highest BCUT2D eigenvalue weighted by molar-refractivity contribution is 7.89. The molecule has 1 aliphatic rings. The Morgan fingerprint density at radius 1 is 1.03 bits per heavy atom. The van der Waals surface area contributed by atoms with Crippen LogP contribution in [0.1, 0.15) is 18.4 Å². The number of hydrogen-bond acceptors (Lipinski definition) is 4. The van der Waals surface area contributed by atoms with Gasteiger partial charge >= 0.3 is 12.2 Å². The Morgan fingerprint density at radius 3 is 2.22 bits per heavy atom. The lowest BCUT2D eigenvalue weighted by Crippen LogP contribution is -2.44. The third-order valence-corrected chi connectivity index (χ3v) is 7.36. The number of hydrogen-bond donors (Lipinski definition) is 2. The molecule has 2 N–H and O–H groups in total. The van der Waals surface area contributed by atoms with Gasteiger partial charge in [-0.2, -0.15) is 17.5 Å². The molecule has 1 aliphatic heterocycles. The van der Waals surface area contributed by atoms with E-state index >= 15 is 0 Å². The Bertz CT molecular complexity index is 1050. The molecule has 2 aromatic carbocycles. The highest BCUT2D eigenvalue weighted by atomic mass is 32.2. The van der Waals surface area contributed by atoms with Crippen LogP contribution >= 0.6 is 0 Å². The lowest BCUT2D eigenvalue weighted by atomic mass is 10.1. The number of nitrogens with zero attached hydrogens (tertiary/aromatic N) is 2. The minimum absolute atomic E-state index is 0.0173. The molecule has 11 heteroatoms. The average Bonchev–Trinajstić information content (AvgIpc) is 2.73. The molecule has 0 unspecified atom stereocenters. The largest absolute Gasteiger partial charge is 0.416 e. The predicted octanol–water partition coefficient (Wildman–Crippen LogP) is 4.06. The molecule has 174 valence electrons. The number of rotatable bonds is 5. The molecule has 1 fully saturated rings. The number of anilines is 2. The third kappa shape index (κ3) is 5.78. The number of amides is 2. The van der Waals surface area contributed by atoms with Crippen LogP contribution in [0.2, 0.25) is 0 Å². The Labute approximate surface area is 185 Å². The van der Waals surface area contributed by atoms with E-state index in [0.29, 0.717) is 5.69 Å². The van der Waals surface area contributed by atoms with Gasteiger partial charge in [0.15, 0.2) is 0 Å². The minimum Gasteiger partial charge on any atom is -0.308 e. The number of alkyl halides is 3. The van der Waals surface area contributed by atoms with Crippen molar-refractivity contribution in [1.29, 1.82) is 0 Å². The SMILES string of the molecule is CN1CCC(N(C)S(=O)(=O)c2ccc(NC(=O)Nc3cccc(C(F)(F)F)c3)cc2)CC1. The predicted molar refractivity (Wildman–Crippen MR) is 116 cm³/mol. The lowest BCUT2D eigenvalue weighted by molar-refractivity contribution is -0.137. The van der Waals surface area contributed by atoms with E-state index in [2.05, 4.69) is 15.5 Å². The van der Waals surface area contributed by atoms with Crippen LogP contribution in [0.5, 0.6) is 0 Å². The molecule has 0 bridgehead atoms. The number of carbonyl (C=O) groups excluding carboxylic acids is 1. The van der Waals surface area contributed by atoms with Crippen LogP contribution in [-0.2, 0) is 16.2 Å². The van der Waals surface area contributed by atoms with E-state index in [1.807, 2.05) is 7.05 Å². The first-order chi connectivity index (χ1) is 15.0. The summed E-state index contributed by atoms with van der Waals surface area (Å²) in [6.07, 6.45) is -3.01. The van der Waals surface area contributed by atoms with Crippen LogP contribution in [0.4, 0.5) is 29.3 Å². The third-order valence-electron chi connectivity index (χ3n) is 5.44. The molecule has 0 radical (unpaired) electrons. The maximum atomic E-state index is 12.9. The summed E-state index contributed by atoms with van der Waals surface area (Å²) >= 11 is 0. The van der Waals surface area contributed by atoms with Gasteiger partial charge in [0.25, 0.3) is 0 Å². The van der Waals surface area contributed by atoms with Gasteiger partial charge in [0.1, 0.15) is 0 Å². The van der Waals surface area contributed by atoms with Gasteiger partial charge in [-0.3, -0.25) is 0 Å². The van der Waals surface area contributed by atoms with Gasteiger partial charge in [-0.15, -0.1) is 0 Å². The van der Waals surface area contributed by atoms with Crippen molar-refractivity contribution in [3.63, 3.8) is 0 Å². The first-order valence-electron chi connectivity index (χ1n) is 9.99. The van der Waals surface area contributed by atoms with E-state index in [4.69, 9.17) is 0 Å². The van der Waals surface area contributed by atoms with E-state index in [-0.39, 0.29) is 16.6 Å². The highest BCUT2D eigenvalue weighted by Crippen LogP contribution is 2.30. The van der Waals surface area contributed by atoms with E-state index in [0.717, 1.165) is 38.1 Å². The summed E-state index contributed by atoms with van der Waals surface area (Å²) in [4.78, 5) is 14.4. The van der Waals surface area contributed by atoms with Gasteiger partial charge in [-0.25, -0.2) is 13.2 Å². The first kappa shape index (κ1) is 24.0. The summed E-state index contributed by atoms with van der Waals surface area (Å²) in [6, 6.07) is 9.08. The molecule has 0 spiro atoms. The molecule has 0 saturated carbocycles. The maximum Gasteiger partial charge on any atom is 0.416 e. The van der Waals surface area contributed by atoms with Gasteiger partial charge in [0.2, 0.25) is 10.0 Å². The van der Waals surface area contributed by atoms with E-state index in [9.17, 15) is 26.4 Å². The van der Waals surface area contributed by atoms with Crippen molar-refractivity contribution in [2.45, 2.75) is 30.0 Å². The molecule has 3 rings (SSSR count). The zero-order valence-corrected chi connectivity index (χ0v) is 18.5. The number of benzene rings is 2. The second-order valence-electron chi connectivity index (χ2n) is 7.74. The summed E-state index contributed by atoms with van der Waals surface area (Å²) in [7, 11) is -0.120. The van der Waals surface area contributed by atoms with E-state index < -0.39 is 27.8 Å². The number of likely N-dealkylation sites (tertiary alicyclic amines) is 1. The Kier molecular flexibility index (Phi) is 7.11. The summed E-state index contributed by atoms with van der Waals surface area (Å²) in [5, 5.41) is 4.81. The van der Waals surface area contributed by atoms with Crippen LogP contribution in [0, 0.1) is 0 Å². The maximum absolute atomic E-state index is 12.9. The summed E-state index contributed by atoms with van der Waals surface area (Å²) in [5.74, 6) is 0. The van der Waals surface area contributed by atoms with E-state index in [1.54, 1.807) is 7.05 Å². The van der Waals surface area contributed by atoms with Crippen molar-refractivity contribution in [1.82, 2.24) is 9.21 Å². The minimum atomic E-state index is -4.52. The molecule has 2 amide bonds. The summed E-state index contributed by atoms with van der Waals surface area (Å²) in [6.45, 7) is 1.66. The fourth-order valence-electron chi connectivity index (χ4n) is 3.50. The van der Waals surface area contributed by atoms with Crippen LogP contribution in [0.3, 0.4) is 0 Å². The Balaban J connectivity index is 1.63. The van der Waals surface area contributed by atoms with Gasteiger partial charge in [0, 0.05) is 24.5 Å². The summed E-state index contributed by atoms with van der Waals surface area (Å²) in [5.41, 5.74) is -0.592.